The zero-order valence-corrected chi connectivity index (χ0v) is 11.1. The summed E-state index contributed by atoms with van der Waals surface area (Å²) in [6.07, 6.45) is -11.9. The van der Waals surface area contributed by atoms with Gasteiger partial charge in [0, 0.05) is 0 Å². The van der Waals surface area contributed by atoms with Crippen molar-refractivity contribution in [3.63, 3.8) is 0 Å². The van der Waals surface area contributed by atoms with E-state index in [1.807, 2.05) is 0 Å². The van der Waals surface area contributed by atoms with Gasteiger partial charge in [0.2, 0.25) is 0 Å². The van der Waals surface area contributed by atoms with E-state index in [-0.39, 0.29) is 0 Å². The first kappa shape index (κ1) is 16.3. The monoisotopic (exact) mass is 336 g/mol. The van der Waals surface area contributed by atoms with Gasteiger partial charge in [0.05, 0.1) is 12.7 Å². The lowest BCUT2D eigenvalue weighted by Gasteiger charge is -2.42. The summed E-state index contributed by atoms with van der Waals surface area (Å²) in [6.45, 7) is 0. The van der Waals surface area contributed by atoms with Crippen molar-refractivity contribution in [3.8, 4) is 5.75 Å². The maximum Gasteiger partial charge on any atom is 0.435 e. The number of hydrogen-bond acceptors (Lipinski definition) is 4. The molecule has 1 aliphatic heterocycles. The lowest BCUT2D eigenvalue weighted by Crippen LogP contribution is -2.58. The van der Waals surface area contributed by atoms with Gasteiger partial charge >= 0.3 is 26.1 Å². The van der Waals surface area contributed by atoms with E-state index in [9.17, 15) is 31.2 Å². The van der Waals surface area contributed by atoms with Gasteiger partial charge in [-0.05, 0) is 6.07 Å². The normalized spacial score (nSPS) is 25.1. The number of rotatable bonds is 1. The summed E-state index contributed by atoms with van der Waals surface area (Å²) in [5.74, 6) is -0.872. The molecule has 0 N–H and O–H groups in total. The van der Waals surface area contributed by atoms with E-state index in [0.717, 1.165) is 18.2 Å². The molecule has 1 aromatic rings. The molecular formula is C10H7F6O4P. The molecule has 0 saturated carbocycles. The van der Waals surface area contributed by atoms with E-state index < -0.39 is 37.4 Å². The summed E-state index contributed by atoms with van der Waals surface area (Å²) in [7, 11) is -4.46. The Hall–Kier alpha value is -1.09. The van der Waals surface area contributed by atoms with Crippen LogP contribution >= 0.6 is 8.17 Å². The number of halogens is 6. The largest absolute Gasteiger partial charge is 0.598 e. The van der Waals surface area contributed by atoms with E-state index in [4.69, 9.17) is 0 Å². The van der Waals surface area contributed by atoms with Crippen molar-refractivity contribution in [2.45, 2.75) is 18.0 Å². The maximum absolute atomic E-state index is 13.2. The Morgan fingerprint density at radius 1 is 1.10 bits per heavy atom. The second kappa shape index (κ2) is 4.70. The zero-order chi connectivity index (χ0) is 16.1. The second-order valence-corrected chi connectivity index (χ2v) is 5.61. The Morgan fingerprint density at radius 3 is 2.10 bits per heavy atom. The molecule has 4 nitrogen and oxygen atoms in total. The van der Waals surface area contributed by atoms with Crippen LogP contribution in [0, 0.1) is 0 Å². The van der Waals surface area contributed by atoms with Gasteiger partial charge in [-0.3, -0.25) is 4.52 Å². The molecule has 2 rings (SSSR count). The first-order valence-electron chi connectivity index (χ1n) is 5.26. The number of alkyl halides is 6. The standard InChI is InChI=1S/C10H7F6O4P/c1-18-21(17)19-7-5-3-2-4-6(7)8(20-21,9(11,12)13)10(14,15)16/h2-5H,1H3. The highest BCUT2D eigenvalue weighted by atomic mass is 31.2. The molecule has 1 heterocycles. The number of phosphoric ester groups is 1. The molecule has 1 aliphatic rings. The van der Waals surface area contributed by atoms with Gasteiger partial charge in [-0.1, -0.05) is 18.2 Å². The van der Waals surface area contributed by atoms with Crippen LogP contribution in [-0.4, -0.2) is 19.5 Å². The lowest BCUT2D eigenvalue weighted by molar-refractivity contribution is -0.388. The highest BCUT2D eigenvalue weighted by Crippen LogP contribution is 2.69. The van der Waals surface area contributed by atoms with Gasteiger partial charge in [0.25, 0.3) is 0 Å². The SMILES string of the molecule is CO[P+]1([O-])Oc2ccccc2C(C(F)(F)F)(C(F)(F)F)O1. The molecule has 1 atom stereocenters. The molecule has 0 fully saturated rings. The third-order valence-electron chi connectivity index (χ3n) is 2.75. The van der Waals surface area contributed by atoms with Crippen molar-refractivity contribution in [2.24, 2.45) is 0 Å². The Labute approximate surface area is 114 Å². The molecule has 21 heavy (non-hydrogen) atoms. The van der Waals surface area contributed by atoms with Crippen LogP contribution in [0.15, 0.2) is 24.3 Å². The molecule has 11 heteroatoms. The first-order valence-corrected chi connectivity index (χ1v) is 6.72. The van der Waals surface area contributed by atoms with Crippen LogP contribution < -0.4 is 9.42 Å². The van der Waals surface area contributed by atoms with Gasteiger partial charge in [-0.15, -0.1) is 4.52 Å². The molecule has 0 bridgehead atoms. The summed E-state index contributed by atoms with van der Waals surface area (Å²) in [4.78, 5) is 11.8. The van der Waals surface area contributed by atoms with Gasteiger partial charge in [0.15, 0.2) is 5.75 Å². The van der Waals surface area contributed by atoms with Crippen LogP contribution in [0.3, 0.4) is 0 Å². The van der Waals surface area contributed by atoms with Gasteiger partial charge in [-0.2, -0.15) is 30.9 Å². The van der Waals surface area contributed by atoms with E-state index >= 15 is 0 Å². The van der Waals surface area contributed by atoms with Crippen LogP contribution in [0.5, 0.6) is 5.75 Å². The van der Waals surface area contributed by atoms with Crippen molar-refractivity contribution in [1.82, 2.24) is 0 Å². The van der Waals surface area contributed by atoms with Crippen molar-refractivity contribution in [3.05, 3.63) is 29.8 Å². The Morgan fingerprint density at radius 2 is 1.62 bits per heavy atom. The topological polar surface area (TPSA) is 50.8 Å². The first-order chi connectivity index (χ1) is 9.47. The number of para-hydroxylation sites is 1. The summed E-state index contributed by atoms with van der Waals surface area (Å²) >= 11 is 0. The smallest absolute Gasteiger partial charge is 0.435 e. The molecular weight excluding hydrogens is 329 g/mol. The molecule has 1 unspecified atom stereocenters. The summed E-state index contributed by atoms with van der Waals surface area (Å²) in [5.41, 5.74) is -6.13. The van der Waals surface area contributed by atoms with Crippen LogP contribution in [-0.2, 0) is 14.6 Å². The second-order valence-electron chi connectivity index (χ2n) is 3.99. The quantitative estimate of drug-likeness (QED) is 0.584. The molecule has 1 aromatic carbocycles. The van der Waals surface area contributed by atoms with Crippen molar-refractivity contribution < 1.29 is 44.8 Å². The fourth-order valence-corrected chi connectivity index (χ4v) is 3.06. The molecule has 0 aromatic heterocycles. The minimum absolute atomic E-state index is 0.537. The minimum atomic E-state index is -5.93. The number of benzene rings is 1. The van der Waals surface area contributed by atoms with Crippen molar-refractivity contribution in [2.75, 3.05) is 7.11 Å². The average molecular weight is 336 g/mol. The minimum Gasteiger partial charge on any atom is -0.598 e. The number of fused-ring (bicyclic) bond motifs is 1. The molecule has 0 radical (unpaired) electrons. The van der Waals surface area contributed by atoms with Crippen molar-refractivity contribution in [1.29, 1.82) is 0 Å². The van der Waals surface area contributed by atoms with Crippen LogP contribution in [0.2, 0.25) is 0 Å². The molecule has 0 aliphatic carbocycles. The zero-order valence-electron chi connectivity index (χ0n) is 10.2. The van der Waals surface area contributed by atoms with Gasteiger partial charge < -0.3 is 4.89 Å². The molecule has 0 saturated heterocycles. The Balaban J connectivity index is 2.80. The van der Waals surface area contributed by atoms with E-state index in [1.54, 1.807) is 0 Å². The highest BCUT2D eigenvalue weighted by molar-refractivity contribution is 7.54. The summed E-state index contributed by atoms with van der Waals surface area (Å²) in [5, 5.41) is 0. The fraction of sp³-hybridized carbons (Fsp3) is 0.400. The third kappa shape index (κ3) is 2.36. The van der Waals surface area contributed by atoms with Crippen LogP contribution in [0.1, 0.15) is 5.56 Å². The van der Waals surface area contributed by atoms with Crippen LogP contribution in [0.25, 0.3) is 0 Å². The predicted octanol–water partition coefficient (Wildman–Crippen LogP) is 3.10. The molecule has 0 spiro atoms. The van der Waals surface area contributed by atoms with Gasteiger partial charge in [0.1, 0.15) is 0 Å². The maximum atomic E-state index is 13.2. The lowest BCUT2D eigenvalue weighted by atomic mass is 9.91. The predicted molar refractivity (Wildman–Crippen MR) is 55.9 cm³/mol. The van der Waals surface area contributed by atoms with Gasteiger partial charge in [-0.25, -0.2) is 0 Å². The number of hydrogen-bond donors (Lipinski definition) is 0. The van der Waals surface area contributed by atoms with E-state index in [0.29, 0.717) is 13.2 Å². The van der Waals surface area contributed by atoms with Crippen LogP contribution in [0.4, 0.5) is 26.3 Å². The highest BCUT2D eigenvalue weighted by Gasteiger charge is 2.80. The van der Waals surface area contributed by atoms with E-state index in [1.165, 1.54) is 0 Å². The fourth-order valence-electron chi connectivity index (χ4n) is 1.84. The Kier molecular flexibility index (Phi) is 3.65. The molecule has 0 amide bonds. The Bertz CT molecular complexity index is 531. The van der Waals surface area contributed by atoms with E-state index in [2.05, 4.69) is 13.6 Å². The summed E-state index contributed by atoms with van der Waals surface area (Å²) in [6, 6.07) is 3.42. The molecule has 118 valence electrons. The summed E-state index contributed by atoms with van der Waals surface area (Å²) < 4.78 is 91.5. The number of phosphoric acid groups is 1. The average Bonchev–Trinajstić information content (AvgIpc) is 2.35. The third-order valence-corrected chi connectivity index (χ3v) is 4.11. The van der Waals surface area contributed by atoms with Crippen molar-refractivity contribution >= 4 is 8.17 Å².